The third kappa shape index (κ3) is 4.63. The Morgan fingerprint density at radius 2 is 1.89 bits per heavy atom. The summed E-state index contributed by atoms with van der Waals surface area (Å²) >= 11 is 0. The van der Waals surface area contributed by atoms with Crippen molar-refractivity contribution in [3.8, 4) is 22.6 Å². The minimum absolute atomic E-state index is 0.0141. The number of aromatic nitrogens is 5. The van der Waals surface area contributed by atoms with E-state index in [-0.39, 0.29) is 17.8 Å². The van der Waals surface area contributed by atoms with Gasteiger partial charge in [-0.05, 0) is 42.7 Å². The number of benzene rings is 2. The molecule has 0 saturated heterocycles. The molecule has 0 aliphatic carbocycles. The zero-order valence-corrected chi connectivity index (χ0v) is 19.7. The third-order valence-corrected chi connectivity index (χ3v) is 6.12. The van der Waals surface area contributed by atoms with Crippen molar-refractivity contribution in [1.29, 1.82) is 0 Å². The first-order chi connectivity index (χ1) is 17.5. The molecule has 0 radical (unpaired) electrons. The van der Waals surface area contributed by atoms with Gasteiger partial charge in [0.15, 0.2) is 5.69 Å². The number of ether oxygens (including phenoxy) is 1. The number of primary amides is 1. The fourth-order valence-corrected chi connectivity index (χ4v) is 4.29. The number of rotatable bonds is 7. The van der Waals surface area contributed by atoms with Crippen LogP contribution in [0.25, 0.3) is 11.1 Å². The maximum Gasteiger partial charge on any atom is 0.345 e. The minimum Gasteiger partial charge on any atom is -0.457 e. The predicted octanol–water partition coefficient (Wildman–Crippen LogP) is 3.38. The van der Waals surface area contributed by atoms with Crippen LogP contribution in [0.1, 0.15) is 29.4 Å². The van der Waals surface area contributed by atoms with Crippen molar-refractivity contribution in [1.82, 2.24) is 29.4 Å². The van der Waals surface area contributed by atoms with Crippen LogP contribution in [0, 0.1) is 0 Å². The van der Waals surface area contributed by atoms with Gasteiger partial charge in [0, 0.05) is 20.1 Å². The van der Waals surface area contributed by atoms with Gasteiger partial charge in [0.25, 0.3) is 5.91 Å². The molecule has 0 saturated carbocycles. The minimum atomic E-state index is -0.601. The molecule has 1 aliphatic rings. The monoisotopic (exact) mass is 486 g/mol. The first-order valence-corrected chi connectivity index (χ1v) is 11.6. The average Bonchev–Trinajstić information content (AvgIpc) is 3.57. The molecule has 11 heteroatoms. The zero-order valence-electron chi connectivity index (χ0n) is 19.7. The molecule has 0 spiro atoms. The summed E-state index contributed by atoms with van der Waals surface area (Å²) in [5, 5.41) is 11.9. The number of anilines is 1. The Labute approximate surface area is 207 Å². The number of para-hydroxylation sites is 1. The van der Waals surface area contributed by atoms with E-state index in [0.29, 0.717) is 30.8 Å². The van der Waals surface area contributed by atoms with Gasteiger partial charge < -0.3 is 20.7 Å². The van der Waals surface area contributed by atoms with Crippen LogP contribution in [0.3, 0.4) is 0 Å². The molecule has 5 rings (SSSR count). The fourth-order valence-electron chi connectivity index (χ4n) is 4.29. The van der Waals surface area contributed by atoms with E-state index in [2.05, 4.69) is 20.5 Å². The summed E-state index contributed by atoms with van der Waals surface area (Å²) in [4.78, 5) is 30.2. The number of fused-ring (bicyclic) bond motifs is 1. The Balaban J connectivity index is 1.37. The molecule has 11 nitrogen and oxygen atoms in total. The molecule has 2 aromatic heterocycles. The molecular formula is C25H26N8O3. The summed E-state index contributed by atoms with van der Waals surface area (Å²) in [6.45, 7) is 1.19. The van der Waals surface area contributed by atoms with Gasteiger partial charge in [-0.2, -0.15) is 14.9 Å². The standard InChI is InChI=1S/C25H26N8O3/c1-31(25(35)32-16-27-15-29-32)14-12-18-11-13-28-24-21(22(23(26)34)30-33(18)24)17-7-9-20(10-8-17)36-19-5-3-2-4-6-19/h2-10,15-16,18,28H,11-14H2,1H3,(H2,26,34). The van der Waals surface area contributed by atoms with E-state index in [1.165, 1.54) is 17.3 Å². The molecular weight excluding hydrogens is 460 g/mol. The summed E-state index contributed by atoms with van der Waals surface area (Å²) < 4.78 is 8.90. The Morgan fingerprint density at radius 3 is 2.58 bits per heavy atom. The van der Waals surface area contributed by atoms with E-state index >= 15 is 0 Å². The SMILES string of the molecule is CN(CCC1CCNc2c(-c3ccc(Oc4ccccc4)cc3)c(C(N)=O)nn21)C(=O)n1cncn1. The molecule has 3 N–H and O–H groups in total. The molecule has 1 unspecified atom stereocenters. The Morgan fingerprint density at radius 1 is 1.14 bits per heavy atom. The summed E-state index contributed by atoms with van der Waals surface area (Å²) in [6.07, 6.45) is 4.13. The van der Waals surface area contributed by atoms with Crippen molar-refractivity contribution in [2.45, 2.75) is 18.9 Å². The molecule has 1 aliphatic heterocycles. The van der Waals surface area contributed by atoms with Gasteiger partial charge in [0.05, 0.1) is 11.6 Å². The van der Waals surface area contributed by atoms with Crippen LogP contribution >= 0.6 is 0 Å². The number of carbonyl (C=O) groups excluding carboxylic acids is 2. The largest absolute Gasteiger partial charge is 0.457 e. The molecule has 0 fully saturated rings. The zero-order chi connectivity index (χ0) is 25.1. The van der Waals surface area contributed by atoms with Crippen LogP contribution < -0.4 is 15.8 Å². The molecule has 3 heterocycles. The molecule has 0 bridgehead atoms. The van der Waals surface area contributed by atoms with Crippen molar-refractivity contribution < 1.29 is 14.3 Å². The normalized spacial score (nSPS) is 14.5. The van der Waals surface area contributed by atoms with E-state index in [4.69, 9.17) is 10.5 Å². The van der Waals surface area contributed by atoms with E-state index in [9.17, 15) is 9.59 Å². The van der Waals surface area contributed by atoms with E-state index in [1.807, 2.05) is 59.3 Å². The van der Waals surface area contributed by atoms with Gasteiger partial charge >= 0.3 is 6.03 Å². The highest BCUT2D eigenvalue weighted by atomic mass is 16.5. The Hall–Kier alpha value is -4.67. The summed E-state index contributed by atoms with van der Waals surface area (Å²) in [6, 6.07) is 16.7. The smallest absolute Gasteiger partial charge is 0.345 e. The topological polar surface area (TPSA) is 133 Å². The summed E-state index contributed by atoms with van der Waals surface area (Å²) in [5.41, 5.74) is 7.38. The lowest BCUT2D eigenvalue weighted by atomic mass is 10.0. The van der Waals surface area contributed by atoms with Crippen molar-refractivity contribution in [2.75, 3.05) is 25.5 Å². The van der Waals surface area contributed by atoms with Crippen LogP contribution in [-0.4, -0.2) is 61.5 Å². The van der Waals surface area contributed by atoms with Crippen LogP contribution in [-0.2, 0) is 0 Å². The summed E-state index contributed by atoms with van der Waals surface area (Å²) in [7, 11) is 1.72. The second kappa shape index (κ2) is 9.90. The number of carbonyl (C=O) groups is 2. The van der Waals surface area contributed by atoms with Gasteiger partial charge in [-0.1, -0.05) is 30.3 Å². The number of nitrogens with one attached hydrogen (secondary N) is 1. The molecule has 184 valence electrons. The highest BCUT2D eigenvalue weighted by Gasteiger charge is 2.29. The maximum absolute atomic E-state index is 12.5. The number of hydrogen-bond donors (Lipinski definition) is 2. The number of amides is 2. The molecule has 4 aromatic rings. The van der Waals surface area contributed by atoms with Crippen LogP contribution in [0.15, 0.2) is 67.3 Å². The Bertz CT molecular complexity index is 1350. The summed E-state index contributed by atoms with van der Waals surface area (Å²) in [5.74, 6) is 1.55. The van der Waals surface area contributed by atoms with Gasteiger partial charge in [-0.25, -0.2) is 14.5 Å². The molecule has 36 heavy (non-hydrogen) atoms. The highest BCUT2D eigenvalue weighted by molar-refractivity contribution is 6.01. The van der Waals surface area contributed by atoms with Crippen molar-refractivity contribution in [2.24, 2.45) is 5.73 Å². The predicted molar refractivity (Wildman–Crippen MR) is 133 cm³/mol. The molecule has 2 amide bonds. The second-order valence-corrected chi connectivity index (χ2v) is 8.52. The van der Waals surface area contributed by atoms with Crippen molar-refractivity contribution in [3.63, 3.8) is 0 Å². The number of nitrogens with zero attached hydrogens (tertiary/aromatic N) is 6. The first kappa shape index (κ1) is 23.1. The average molecular weight is 487 g/mol. The second-order valence-electron chi connectivity index (χ2n) is 8.52. The third-order valence-electron chi connectivity index (χ3n) is 6.12. The van der Waals surface area contributed by atoms with Gasteiger partial charge in [0.1, 0.15) is 30.0 Å². The highest BCUT2D eigenvalue weighted by Crippen LogP contribution is 2.38. The lowest BCUT2D eigenvalue weighted by molar-refractivity contribution is 0.0995. The van der Waals surface area contributed by atoms with Gasteiger partial charge in [-0.3, -0.25) is 4.79 Å². The van der Waals surface area contributed by atoms with Gasteiger partial charge in [0.2, 0.25) is 0 Å². The van der Waals surface area contributed by atoms with E-state index in [1.54, 1.807) is 11.9 Å². The number of hydrogen-bond acceptors (Lipinski definition) is 7. The van der Waals surface area contributed by atoms with E-state index in [0.717, 1.165) is 23.6 Å². The van der Waals surface area contributed by atoms with Crippen molar-refractivity contribution in [3.05, 3.63) is 72.9 Å². The molecule has 1 atom stereocenters. The van der Waals surface area contributed by atoms with Crippen LogP contribution in [0.2, 0.25) is 0 Å². The van der Waals surface area contributed by atoms with E-state index < -0.39 is 5.91 Å². The van der Waals surface area contributed by atoms with Crippen LogP contribution in [0.4, 0.5) is 10.6 Å². The fraction of sp³-hybridized carbons (Fsp3) is 0.240. The molecule has 2 aromatic carbocycles. The van der Waals surface area contributed by atoms with Crippen LogP contribution in [0.5, 0.6) is 11.5 Å². The Kier molecular flexibility index (Phi) is 6.35. The van der Waals surface area contributed by atoms with Crippen molar-refractivity contribution >= 4 is 17.8 Å². The lowest BCUT2D eigenvalue weighted by Crippen LogP contribution is -2.34. The maximum atomic E-state index is 12.5. The lowest BCUT2D eigenvalue weighted by Gasteiger charge is -2.28. The van der Waals surface area contributed by atoms with Gasteiger partial charge in [-0.15, -0.1) is 0 Å². The number of nitrogens with two attached hydrogens (primary N) is 1. The quantitative estimate of drug-likeness (QED) is 0.409. The first-order valence-electron chi connectivity index (χ1n) is 11.6.